The van der Waals surface area contributed by atoms with Crippen LogP contribution in [0.2, 0.25) is 5.02 Å². The van der Waals surface area contributed by atoms with Crippen LogP contribution in [0.25, 0.3) is 0 Å². The van der Waals surface area contributed by atoms with E-state index in [1.807, 2.05) is 6.20 Å². The van der Waals surface area contributed by atoms with Crippen molar-refractivity contribution < 1.29 is 14.3 Å². The number of fused-ring (bicyclic) bond motifs is 1. The molecule has 1 saturated heterocycles. The summed E-state index contributed by atoms with van der Waals surface area (Å²) in [5, 5.41) is 0.626. The largest absolute Gasteiger partial charge is 0.478 e. The van der Waals surface area contributed by atoms with Crippen LogP contribution in [0.4, 0.5) is 5.95 Å². The summed E-state index contributed by atoms with van der Waals surface area (Å²) in [6.07, 6.45) is 1.83. The number of rotatable bonds is 4. The molecule has 0 spiro atoms. The highest BCUT2D eigenvalue weighted by atomic mass is 35.5. The Hall–Kier alpha value is -2.38. The highest BCUT2D eigenvalue weighted by Gasteiger charge is 2.37. The van der Waals surface area contributed by atoms with Gasteiger partial charge in [0, 0.05) is 36.4 Å². The highest BCUT2D eigenvalue weighted by molar-refractivity contribution is 6.30. The average Bonchev–Trinajstić information content (AvgIpc) is 3.13. The second-order valence-electron chi connectivity index (χ2n) is 7.47. The number of aromatic nitrogens is 2. The molecule has 2 aliphatic rings. The number of hydrogen-bond donors (Lipinski definition) is 0. The molecule has 1 fully saturated rings. The van der Waals surface area contributed by atoms with Gasteiger partial charge in [-0.3, -0.25) is 4.79 Å². The molecule has 4 rings (SSSR count). The third-order valence-corrected chi connectivity index (χ3v) is 5.18. The maximum atomic E-state index is 13.1. The van der Waals surface area contributed by atoms with Gasteiger partial charge in [-0.2, -0.15) is 0 Å². The molecule has 7 nitrogen and oxygen atoms in total. The van der Waals surface area contributed by atoms with Gasteiger partial charge in [-0.15, -0.1) is 0 Å². The Morgan fingerprint density at radius 2 is 1.89 bits per heavy atom. The molecule has 28 heavy (non-hydrogen) atoms. The third-order valence-electron chi connectivity index (χ3n) is 4.93. The van der Waals surface area contributed by atoms with Crippen LogP contribution >= 0.6 is 11.6 Å². The van der Waals surface area contributed by atoms with Crippen LogP contribution in [0.3, 0.4) is 0 Å². The zero-order valence-electron chi connectivity index (χ0n) is 16.0. The minimum Gasteiger partial charge on any atom is -0.478 e. The molecule has 1 aromatic heterocycles. The van der Waals surface area contributed by atoms with Gasteiger partial charge in [-0.05, 0) is 38.1 Å². The number of carbonyl (C=O) groups is 1. The Morgan fingerprint density at radius 1 is 1.18 bits per heavy atom. The van der Waals surface area contributed by atoms with Crippen molar-refractivity contribution in [2.75, 3.05) is 31.2 Å². The lowest BCUT2D eigenvalue weighted by atomic mass is 10.1. The van der Waals surface area contributed by atoms with Crippen molar-refractivity contribution >= 4 is 23.5 Å². The standard InChI is InChI=1S/C20H23ClN4O3/c1-20(2,28-16-5-3-15(21)4-6-16)18(26)25-12-14-11-22-19(23-17(14)13-25)24-7-9-27-10-8-24/h3-6,11H,7-10,12-13H2,1-2H3. The number of anilines is 1. The van der Waals surface area contributed by atoms with Crippen molar-refractivity contribution in [3.63, 3.8) is 0 Å². The van der Waals surface area contributed by atoms with Gasteiger partial charge in [-0.1, -0.05) is 11.6 Å². The predicted octanol–water partition coefficient (Wildman–Crippen LogP) is 2.67. The molecule has 1 aromatic carbocycles. The SMILES string of the molecule is CC(C)(Oc1ccc(Cl)cc1)C(=O)N1Cc2cnc(N3CCOCC3)nc2C1. The monoisotopic (exact) mass is 402 g/mol. The Balaban J connectivity index is 1.45. The summed E-state index contributed by atoms with van der Waals surface area (Å²) in [5.41, 5.74) is 0.871. The van der Waals surface area contributed by atoms with Crippen LogP contribution in [0.15, 0.2) is 30.5 Å². The minimum atomic E-state index is -1.00. The van der Waals surface area contributed by atoms with E-state index >= 15 is 0 Å². The highest BCUT2D eigenvalue weighted by Crippen LogP contribution is 2.28. The molecule has 0 radical (unpaired) electrons. The zero-order valence-corrected chi connectivity index (χ0v) is 16.8. The van der Waals surface area contributed by atoms with Gasteiger partial charge in [-0.25, -0.2) is 9.97 Å². The second kappa shape index (κ2) is 7.56. The molecule has 148 valence electrons. The van der Waals surface area contributed by atoms with E-state index in [4.69, 9.17) is 26.1 Å². The summed E-state index contributed by atoms with van der Waals surface area (Å²) in [6, 6.07) is 7.00. The summed E-state index contributed by atoms with van der Waals surface area (Å²) in [5.74, 6) is 1.22. The molecular formula is C20H23ClN4O3. The number of hydrogen-bond acceptors (Lipinski definition) is 6. The smallest absolute Gasteiger partial charge is 0.266 e. The second-order valence-corrected chi connectivity index (χ2v) is 7.91. The number of nitrogens with zero attached hydrogens (tertiary/aromatic N) is 4. The fourth-order valence-electron chi connectivity index (χ4n) is 3.42. The molecule has 0 atom stereocenters. The van der Waals surface area contributed by atoms with Gasteiger partial charge in [0.1, 0.15) is 5.75 Å². The first kappa shape index (κ1) is 19.0. The Kier molecular flexibility index (Phi) is 5.12. The fraction of sp³-hybridized carbons (Fsp3) is 0.450. The summed E-state index contributed by atoms with van der Waals surface area (Å²) >= 11 is 5.92. The molecule has 3 heterocycles. The first-order valence-corrected chi connectivity index (χ1v) is 9.71. The first-order chi connectivity index (χ1) is 13.4. The lowest BCUT2D eigenvalue weighted by Gasteiger charge is -2.29. The van der Waals surface area contributed by atoms with E-state index < -0.39 is 5.60 Å². The molecule has 2 aliphatic heterocycles. The van der Waals surface area contributed by atoms with E-state index in [1.165, 1.54) is 0 Å². The van der Waals surface area contributed by atoms with Crippen LogP contribution in [-0.4, -0.2) is 52.7 Å². The number of benzene rings is 1. The fourth-order valence-corrected chi connectivity index (χ4v) is 3.55. The normalized spacial score (nSPS) is 16.8. The summed E-state index contributed by atoms with van der Waals surface area (Å²) in [7, 11) is 0. The van der Waals surface area contributed by atoms with Gasteiger partial charge < -0.3 is 19.3 Å². The van der Waals surface area contributed by atoms with Crippen molar-refractivity contribution in [2.24, 2.45) is 0 Å². The van der Waals surface area contributed by atoms with Crippen LogP contribution in [0, 0.1) is 0 Å². The zero-order chi connectivity index (χ0) is 19.7. The Morgan fingerprint density at radius 3 is 2.61 bits per heavy atom. The van der Waals surface area contributed by atoms with Crippen LogP contribution in [0.1, 0.15) is 25.1 Å². The van der Waals surface area contributed by atoms with Crippen molar-refractivity contribution in [3.8, 4) is 5.75 Å². The van der Waals surface area contributed by atoms with E-state index in [0.717, 1.165) is 24.3 Å². The van der Waals surface area contributed by atoms with Gasteiger partial charge >= 0.3 is 0 Å². The Bertz CT molecular complexity index is 866. The molecule has 0 saturated carbocycles. The minimum absolute atomic E-state index is 0.0895. The van der Waals surface area contributed by atoms with E-state index in [2.05, 4.69) is 9.88 Å². The van der Waals surface area contributed by atoms with Crippen molar-refractivity contribution in [3.05, 3.63) is 46.7 Å². The first-order valence-electron chi connectivity index (χ1n) is 9.34. The van der Waals surface area contributed by atoms with Crippen molar-refractivity contribution in [1.82, 2.24) is 14.9 Å². The predicted molar refractivity (Wildman–Crippen MR) is 105 cm³/mol. The van der Waals surface area contributed by atoms with Crippen LogP contribution in [0.5, 0.6) is 5.75 Å². The number of halogens is 1. The molecule has 0 unspecified atom stereocenters. The average molecular weight is 403 g/mol. The summed E-state index contributed by atoms with van der Waals surface area (Å²) < 4.78 is 11.3. The van der Waals surface area contributed by atoms with Crippen LogP contribution in [-0.2, 0) is 22.6 Å². The van der Waals surface area contributed by atoms with E-state index in [-0.39, 0.29) is 5.91 Å². The summed E-state index contributed by atoms with van der Waals surface area (Å²) in [6.45, 7) is 7.43. The van der Waals surface area contributed by atoms with Gasteiger partial charge in [0.05, 0.1) is 25.5 Å². The lowest BCUT2D eigenvalue weighted by Crippen LogP contribution is -2.46. The van der Waals surface area contributed by atoms with E-state index in [9.17, 15) is 4.79 Å². The molecule has 1 amide bonds. The summed E-state index contributed by atoms with van der Waals surface area (Å²) in [4.78, 5) is 26.1. The molecule has 2 aromatic rings. The van der Waals surface area contributed by atoms with Crippen molar-refractivity contribution in [1.29, 1.82) is 0 Å². The maximum absolute atomic E-state index is 13.1. The van der Waals surface area contributed by atoms with Gasteiger partial charge in [0.25, 0.3) is 5.91 Å². The third kappa shape index (κ3) is 3.91. The molecule has 0 N–H and O–H groups in total. The lowest BCUT2D eigenvalue weighted by molar-refractivity contribution is -0.146. The number of carbonyl (C=O) groups excluding carboxylic acids is 1. The quantitative estimate of drug-likeness (QED) is 0.783. The van der Waals surface area contributed by atoms with Crippen LogP contribution < -0.4 is 9.64 Å². The van der Waals surface area contributed by atoms with E-state index in [1.54, 1.807) is 43.0 Å². The Labute approximate surface area is 169 Å². The number of morpholine rings is 1. The van der Waals surface area contributed by atoms with Gasteiger partial charge in [0.2, 0.25) is 5.95 Å². The molecular weight excluding hydrogens is 380 g/mol. The van der Waals surface area contributed by atoms with Gasteiger partial charge in [0.15, 0.2) is 5.60 Å². The topological polar surface area (TPSA) is 67.8 Å². The van der Waals surface area contributed by atoms with E-state index in [0.29, 0.717) is 43.0 Å². The molecule has 0 bridgehead atoms. The molecule has 0 aliphatic carbocycles. The number of ether oxygens (including phenoxy) is 2. The maximum Gasteiger partial charge on any atom is 0.266 e. The number of amides is 1. The van der Waals surface area contributed by atoms with Crippen molar-refractivity contribution in [2.45, 2.75) is 32.5 Å². The molecule has 8 heteroatoms.